The van der Waals surface area contributed by atoms with Crippen molar-refractivity contribution in [3.05, 3.63) is 94.0 Å². The van der Waals surface area contributed by atoms with Gasteiger partial charge in [0.2, 0.25) is 0 Å². The number of fused-ring (bicyclic) bond motifs is 1. The summed E-state index contributed by atoms with van der Waals surface area (Å²) in [6.07, 6.45) is -3.64. The van der Waals surface area contributed by atoms with Gasteiger partial charge in [0, 0.05) is 21.4 Å². The van der Waals surface area contributed by atoms with Crippen molar-refractivity contribution in [2.24, 2.45) is 4.99 Å². The molecule has 0 radical (unpaired) electrons. The first-order chi connectivity index (χ1) is 13.9. The van der Waals surface area contributed by atoms with Crippen LogP contribution in [0.3, 0.4) is 0 Å². The summed E-state index contributed by atoms with van der Waals surface area (Å²) in [5, 5.41) is 3.47. The minimum Gasteiger partial charge on any atom is -0.251 e. The zero-order chi connectivity index (χ0) is 20.9. The highest BCUT2D eigenvalue weighted by Crippen LogP contribution is 2.46. The fraction of sp³-hybridized carbons (Fsp3) is 0.136. The van der Waals surface area contributed by atoms with Crippen LogP contribution in [-0.2, 0) is 6.18 Å². The van der Waals surface area contributed by atoms with Crippen LogP contribution in [-0.4, -0.2) is 5.71 Å². The van der Waals surface area contributed by atoms with Gasteiger partial charge in [-0.25, -0.2) is 0 Å². The molecule has 1 aliphatic heterocycles. The lowest BCUT2D eigenvalue weighted by molar-refractivity contribution is -0.137. The van der Waals surface area contributed by atoms with E-state index in [2.05, 4.69) is 19.2 Å². The van der Waals surface area contributed by atoms with Gasteiger partial charge in [-0.05, 0) is 46.7 Å². The standard InChI is InChI=1S/C20H14F3NS2.C2H4S/c21-20(22,23)14-9-7-13(8-10-14)19-12-16(17-6-3-11-25-17)24-15-4-1-2-5-18(15)26-19;1-2-3/h1-11,19H,12H2;2-3H,1H2. The summed E-state index contributed by atoms with van der Waals surface area (Å²) in [7, 11) is 0. The Bertz CT molecular complexity index is 977. The number of nitrogens with zero attached hydrogens (tertiary/aromatic N) is 1. The summed E-state index contributed by atoms with van der Waals surface area (Å²) < 4.78 is 38.5. The molecule has 7 heteroatoms. The zero-order valence-electron chi connectivity index (χ0n) is 15.3. The number of aliphatic imine (C=N–C) groups is 1. The fourth-order valence-electron chi connectivity index (χ4n) is 2.88. The first-order valence-electron chi connectivity index (χ1n) is 8.71. The lowest BCUT2D eigenvalue weighted by atomic mass is 10.0. The molecular formula is C22H18F3NS3. The summed E-state index contributed by atoms with van der Waals surface area (Å²) >= 11 is 6.83. The summed E-state index contributed by atoms with van der Waals surface area (Å²) in [4.78, 5) is 6.98. The van der Waals surface area contributed by atoms with E-state index in [0.29, 0.717) is 6.42 Å². The second-order valence-electron chi connectivity index (χ2n) is 6.12. The first-order valence-corrected chi connectivity index (χ1v) is 11.0. The highest BCUT2D eigenvalue weighted by molar-refractivity contribution is 7.99. The molecule has 3 aromatic rings. The monoisotopic (exact) mass is 449 g/mol. The molecule has 0 saturated carbocycles. The Morgan fingerprint density at radius 3 is 2.34 bits per heavy atom. The molecule has 29 heavy (non-hydrogen) atoms. The molecule has 0 amide bonds. The molecule has 2 heterocycles. The molecule has 0 aliphatic carbocycles. The van der Waals surface area contributed by atoms with Crippen LogP contribution in [0.2, 0.25) is 0 Å². The van der Waals surface area contributed by atoms with Crippen molar-refractivity contribution in [3.63, 3.8) is 0 Å². The van der Waals surface area contributed by atoms with Crippen LogP contribution in [0.25, 0.3) is 0 Å². The molecule has 0 spiro atoms. The largest absolute Gasteiger partial charge is 0.416 e. The van der Waals surface area contributed by atoms with Gasteiger partial charge in [0.25, 0.3) is 0 Å². The average Bonchev–Trinajstić information content (AvgIpc) is 3.16. The molecule has 0 fully saturated rings. The number of thiol groups is 1. The maximum Gasteiger partial charge on any atom is 0.416 e. The molecular weight excluding hydrogens is 431 g/mol. The SMILES string of the molecule is C=CS.FC(F)(F)c1ccc(C2CC(c3cccs3)=Nc3ccccc3S2)cc1. The Morgan fingerprint density at radius 2 is 1.72 bits per heavy atom. The van der Waals surface area contributed by atoms with Crippen molar-refractivity contribution >= 4 is 47.1 Å². The van der Waals surface area contributed by atoms with E-state index in [4.69, 9.17) is 4.99 Å². The summed E-state index contributed by atoms with van der Waals surface area (Å²) in [5.41, 5.74) is 2.15. The molecule has 2 aromatic carbocycles. The lowest BCUT2D eigenvalue weighted by Crippen LogP contribution is -2.06. The molecule has 150 valence electrons. The molecule has 1 nitrogen and oxygen atoms in total. The highest BCUT2D eigenvalue weighted by Gasteiger charge is 2.30. The van der Waals surface area contributed by atoms with E-state index >= 15 is 0 Å². The number of thioether (sulfide) groups is 1. The smallest absolute Gasteiger partial charge is 0.251 e. The summed E-state index contributed by atoms with van der Waals surface area (Å²) in [5.74, 6) is 0. The third-order valence-electron chi connectivity index (χ3n) is 4.18. The Kier molecular flexibility index (Phi) is 7.27. The van der Waals surface area contributed by atoms with Crippen molar-refractivity contribution in [3.8, 4) is 0 Å². The summed E-state index contributed by atoms with van der Waals surface area (Å²) in [6, 6.07) is 17.4. The molecule has 1 aliphatic rings. The van der Waals surface area contributed by atoms with E-state index in [1.807, 2.05) is 41.8 Å². The lowest BCUT2D eigenvalue weighted by Gasteiger charge is -2.16. The van der Waals surface area contributed by atoms with Crippen molar-refractivity contribution in [1.29, 1.82) is 0 Å². The number of para-hydroxylation sites is 1. The van der Waals surface area contributed by atoms with E-state index in [1.54, 1.807) is 35.2 Å². The second-order valence-corrected chi connectivity index (χ2v) is 8.67. The summed E-state index contributed by atoms with van der Waals surface area (Å²) in [6.45, 7) is 3.23. The van der Waals surface area contributed by atoms with E-state index in [1.165, 1.54) is 5.41 Å². The second kappa shape index (κ2) is 9.69. The molecule has 4 rings (SSSR count). The Morgan fingerprint density at radius 1 is 1.03 bits per heavy atom. The molecule has 1 aromatic heterocycles. The first kappa shape index (κ1) is 21.7. The van der Waals surface area contributed by atoms with Crippen molar-refractivity contribution in [2.75, 3.05) is 0 Å². The molecule has 1 atom stereocenters. The van der Waals surface area contributed by atoms with Crippen molar-refractivity contribution in [1.82, 2.24) is 0 Å². The van der Waals surface area contributed by atoms with Crippen LogP contribution in [0.5, 0.6) is 0 Å². The zero-order valence-corrected chi connectivity index (χ0v) is 17.8. The number of halogens is 3. The van der Waals surface area contributed by atoms with Gasteiger partial charge in [0.05, 0.1) is 17.0 Å². The maximum absolute atomic E-state index is 12.8. The van der Waals surface area contributed by atoms with Gasteiger partial charge >= 0.3 is 6.18 Å². The molecule has 0 bridgehead atoms. The maximum atomic E-state index is 12.8. The van der Waals surface area contributed by atoms with Crippen molar-refractivity contribution < 1.29 is 13.2 Å². The van der Waals surface area contributed by atoms with Gasteiger partial charge in [0.15, 0.2) is 0 Å². The van der Waals surface area contributed by atoms with Gasteiger partial charge < -0.3 is 0 Å². The topological polar surface area (TPSA) is 12.4 Å². The highest BCUT2D eigenvalue weighted by atomic mass is 32.2. The Balaban J connectivity index is 0.000000755. The quantitative estimate of drug-likeness (QED) is 0.389. The van der Waals surface area contributed by atoms with Crippen LogP contribution in [0.1, 0.15) is 27.7 Å². The van der Waals surface area contributed by atoms with Gasteiger partial charge in [0.1, 0.15) is 0 Å². The minimum absolute atomic E-state index is 0.0155. The van der Waals surface area contributed by atoms with Crippen molar-refractivity contribution in [2.45, 2.75) is 22.7 Å². The van der Waals surface area contributed by atoms with E-state index < -0.39 is 11.7 Å². The van der Waals surface area contributed by atoms with E-state index in [-0.39, 0.29) is 5.25 Å². The molecule has 1 unspecified atom stereocenters. The normalized spacial score (nSPS) is 16.0. The van der Waals surface area contributed by atoms with Gasteiger partial charge in [-0.3, -0.25) is 4.99 Å². The minimum atomic E-state index is -4.31. The Hall–Kier alpha value is -1.96. The third-order valence-corrected chi connectivity index (χ3v) is 6.43. The number of hydrogen-bond acceptors (Lipinski definition) is 4. The molecule has 0 N–H and O–H groups in total. The van der Waals surface area contributed by atoms with Crippen LogP contribution in [0, 0.1) is 0 Å². The number of alkyl halides is 3. The molecule has 0 saturated heterocycles. The third kappa shape index (κ3) is 5.56. The van der Waals surface area contributed by atoms with E-state index in [0.717, 1.165) is 38.9 Å². The average molecular weight is 450 g/mol. The van der Waals surface area contributed by atoms with Gasteiger partial charge in [-0.1, -0.05) is 36.9 Å². The number of thiophene rings is 1. The number of hydrogen-bond donors (Lipinski definition) is 1. The number of benzene rings is 2. The van der Waals surface area contributed by atoms with Crippen LogP contribution in [0.4, 0.5) is 18.9 Å². The van der Waals surface area contributed by atoms with E-state index in [9.17, 15) is 13.2 Å². The van der Waals surface area contributed by atoms with Crippen LogP contribution >= 0.6 is 35.7 Å². The fourth-order valence-corrected chi connectivity index (χ4v) is 4.84. The predicted octanol–water partition coefficient (Wildman–Crippen LogP) is 8.18. The van der Waals surface area contributed by atoms with Gasteiger partial charge in [-0.2, -0.15) is 25.8 Å². The predicted molar refractivity (Wildman–Crippen MR) is 121 cm³/mol. The van der Waals surface area contributed by atoms with Gasteiger partial charge in [-0.15, -0.1) is 23.1 Å². The Labute approximate surface area is 181 Å². The number of rotatable bonds is 2. The van der Waals surface area contributed by atoms with Crippen LogP contribution < -0.4 is 0 Å². The van der Waals surface area contributed by atoms with Crippen LogP contribution in [0.15, 0.2) is 87.9 Å².